The van der Waals surface area contributed by atoms with Gasteiger partial charge in [-0.25, -0.2) is 0 Å². The number of hydrogen-bond acceptors (Lipinski definition) is 1. The van der Waals surface area contributed by atoms with E-state index >= 15 is 0 Å². The maximum atomic E-state index is 6.17. The van der Waals surface area contributed by atoms with Gasteiger partial charge in [-0.05, 0) is 50.3 Å². The highest BCUT2D eigenvalue weighted by atomic mass is 35.5. The maximum absolute atomic E-state index is 6.17. The largest absolute Gasteiger partial charge is 0.381 e. The quantitative estimate of drug-likeness (QED) is 0.744. The fourth-order valence-electron chi connectivity index (χ4n) is 2.81. The third-order valence-corrected chi connectivity index (χ3v) is 4.43. The average molecular weight is 253 g/mol. The van der Waals surface area contributed by atoms with Gasteiger partial charge in [-0.15, -0.1) is 11.6 Å². The van der Waals surface area contributed by atoms with Crippen molar-refractivity contribution in [2.75, 3.05) is 19.1 Å². The van der Waals surface area contributed by atoms with Crippen LogP contribution in [0.25, 0.3) is 0 Å². The molecule has 1 aliphatic rings. The second-order valence-corrected chi connectivity index (χ2v) is 5.76. The minimum Gasteiger partial charge on any atom is -0.381 e. The predicted molar refractivity (Wildman–Crippen MR) is 72.9 cm³/mol. The summed E-state index contributed by atoms with van der Waals surface area (Å²) < 4.78 is 5.54. The number of aryl methyl sites for hydroxylation is 3. The smallest absolute Gasteiger partial charge is 0.0537 e. The number of rotatable bonds is 3. The molecule has 94 valence electrons. The highest BCUT2D eigenvalue weighted by molar-refractivity contribution is 6.18. The first-order chi connectivity index (χ1) is 8.06. The van der Waals surface area contributed by atoms with Crippen LogP contribution in [0.3, 0.4) is 0 Å². The molecule has 1 atom stereocenters. The zero-order valence-electron chi connectivity index (χ0n) is 11.0. The van der Waals surface area contributed by atoms with Gasteiger partial charge >= 0.3 is 0 Å². The normalized spacial score (nSPS) is 24.2. The molecule has 2 heteroatoms. The molecule has 1 saturated heterocycles. The van der Waals surface area contributed by atoms with Crippen LogP contribution in [0.2, 0.25) is 0 Å². The molecule has 0 aliphatic carbocycles. The first-order valence-corrected chi connectivity index (χ1v) is 6.80. The molecule has 1 aromatic rings. The van der Waals surface area contributed by atoms with Crippen molar-refractivity contribution in [3.63, 3.8) is 0 Å². The van der Waals surface area contributed by atoms with Crippen LogP contribution in [0, 0.1) is 26.2 Å². The van der Waals surface area contributed by atoms with Crippen molar-refractivity contribution in [1.29, 1.82) is 0 Å². The van der Waals surface area contributed by atoms with Crippen molar-refractivity contribution < 1.29 is 4.74 Å². The Balaban J connectivity index is 2.29. The van der Waals surface area contributed by atoms with Gasteiger partial charge in [0.2, 0.25) is 0 Å². The van der Waals surface area contributed by atoms with Gasteiger partial charge in [0.1, 0.15) is 0 Å². The standard InChI is InChI=1S/C15H21ClO/c1-11-6-12(2)14(13(3)7-11)8-15(9-16)4-5-17-10-15/h6-7H,4-5,8-10H2,1-3H3. The monoisotopic (exact) mass is 252 g/mol. The molecule has 1 heterocycles. The average Bonchev–Trinajstić information content (AvgIpc) is 2.73. The molecule has 1 nitrogen and oxygen atoms in total. The van der Waals surface area contributed by atoms with Crippen LogP contribution >= 0.6 is 11.6 Å². The van der Waals surface area contributed by atoms with E-state index < -0.39 is 0 Å². The lowest BCUT2D eigenvalue weighted by Gasteiger charge is -2.26. The lowest BCUT2D eigenvalue weighted by molar-refractivity contribution is 0.161. The Hall–Kier alpha value is -0.530. The summed E-state index contributed by atoms with van der Waals surface area (Å²) >= 11 is 6.17. The number of benzene rings is 1. The molecular formula is C15H21ClO. The van der Waals surface area contributed by atoms with Crippen molar-refractivity contribution >= 4 is 11.6 Å². The molecule has 1 aliphatic heterocycles. The summed E-state index contributed by atoms with van der Waals surface area (Å²) in [5, 5.41) is 0. The molecule has 2 rings (SSSR count). The van der Waals surface area contributed by atoms with Gasteiger partial charge in [0, 0.05) is 17.9 Å². The second-order valence-electron chi connectivity index (χ2n) is 5.49. The molecular weight excluding hydrogens is 232 g/mol. The van der Waals surface area contributed by atoms with E-state index in [9.17, 15) is 0 Å². The van der Waals surface area contributed by atoms with Crippen molar-refractivity contribution in [2.45, 2.75) is 33.6 Å². The van der Waals surface area contributed by atoms with Gasteiger partial charge in [0.05, 0.1) is 6.61 Å². The van der Waals surface area contributed by atoms with E-state index in [1.807, 2.05) is 0 Å². The van der Waals surface area contributed by atoms with E-state index in [0.29, 0.717) is 5.88 Å². The van der Waals surface area contributed by atoms with E-state index in [1.165, 1.54) is 22.3 Å². The zero-order valence-corrected chi connectivity index (χ0v) is 11.7. The summed E-state index contributed by atoms with van der Waals surface area (Å²) in [5.74, 6) is 0.694. The molecule has 0 spiro atoms. The SMILES string of the molecule is Cc1cc(C)c(CC2(CCl)CCOC2)c(C)c1. The van der Waals surface area contributed by atoms with E-state index in [-0.39, 0.29) is 5.41 Å². The summed E-state index contributed by atoms with van der Waals surface area (Å²) in [7, 11) is 0. The molecule has 1 fully saturated rings. The fraction of sp³-hybridized carbons (Fsp3) is 0.600. The molecule has 1 unspecified atom stereocenters. The van der Waals surface area contributed by atoms with E-state index in [1.54, 1.807) is 0 Å². The van der Waals surface area contributed by atoms with E-state index in [4.69, 9.17) is 16.3 Å². The molecule has 0 bridgehead atoms. The highest BCUT2D eigenvalue weighted by Gasteiger charge is 2.35. The molecule has 0 N–H and O–H groups in total. The van der Waals surface area contributed by atoms with Crippen LogP contribution in [-0.4, -0.2) is 19.1 Å². The molecule has 0 amide bonds. The lowest BCUT2D eigenvalue weighted by Crippen LogP contribution is -2.27. The van der Waals surface area contributed by atoms with Crippen LogP contribution in [0.5, 0.6) is 0 Å². The Labute approximate surface area is 109 Å². The Kier molecular flexibility index (Phi) is 3.79. The van der Waals surface area contributed by atoms with E-state index in [0.717, 1.165) is 26.1 Å². The Morgan fingerprint density at radius 2 is 1.88 bits per heavy atom. The van der Waals surface area contributed by atoms with Gasteiger partial charge in [-0.3, -0.25) is 0 Å². The second kappa shape index (κ2) is 4.99. The minimum absolute atomic E-state index is 0.159. The van der Waals surface area contributed by atoms with Crippen molar-refractivity contribution in [2.24, 2.45) is 5.41 Å². The number of alkyl halides is 1. The highest BCUT2D eigenvalue weighted by Crippen LogP contribution is 2.35. The third kappa shape index (κ3) is 2.66. The summed E-state index contributed by atoms with van der Waals surface area (Å²) in [6, 6.07) is 4.53. The Bertz CT molecular complexity index is 382. The van der Waals surface area contributed by atoms with E-state index in [2.05, 4.69) is 32.9 Å². The van der Waals surface area contributed by atoms with Gasteiger partial charge in [0.15, 0.2) is 0 Å². The molecule has 0 radical (unpaired) electrons. The Morgan fingerprint density at radius 3 is 2.35 bits per heavy atom. The number of hydrogen-bond donors (Lipinski definition) is 0. The fourth-order valence-corrected chi connectivity index (χ4v) is 3.11. The van der Waals surface area contributed by atoms with Gasteiger partial charge in [-0.1, -0.05) is 17.7 Å². The summed E-state index contributed by atoms with van der Waals surface area (Å²) in [6.07, 6.45) is 2.14. The van der Waals surface area contributed by atoms with Crippen molar-refractivity contribution in [1.82, 2.24) is 0 Å². The first kappa shape index (κ1) is 12.9. The van der Waals surface area contributed by atoms with Gasteiger partial charge < -0.3 is 4.74 Å². The molecule has 0 aromatic heterocycles. The van der Waals surface area contributed by atoms with Crippen molar-refractivity contribution in [3.8, 4) is 0 Å². The third-order valence-electron chi connectivity index (χ3n) is 3.86. The summed E-state index contributed by atoms with van der Waals surface area (Å²) in [5.41, 5.74) is 5.73. The number of ether oxygens (including phenoxy) is 1. The minimum atomic E-state index is 0.159. The van der Waals surface area contributed by atoms with Crippen LogP contribution in [0.15, 0.2) is 12.1 Å². The summed E-state index contributed by atoms with van der Waals surface area (Å²) in [6.45, 7) is 8.22. The van der Waals surface area contributed by atoms with Gasteiger partial charge in [0.25, 0.3) is 0 Å². The maximum Gasteiger partial charge on any atom is 0.0537 e. The first-order valence-electron chi connectivity index (χ1n) is 6.27. The van der Waals surface area contributed by atoms with Crippen LogP contribution in [-0.2, 0) is 11.2 Å². The predicted octanol–water partition coefficient (Wildman–Crippen LogP) is 3.80. The topological polar surface area (TPSA) is 9.23 Å². The lowest BCUT2D eigenvalue weighted by atomic mass is 9.80. The number of halogens is 1. The molecule has 17 heavy (non-hydrogen) atoms. The summed E-state index contributed by atoms with van der Waals surface area (Å²) in [4.78, 5) is 0. The van der Waals surface area contributed by atoms with Gasteiger partial charge in [-0.2, -0.15) is 0 Å². The Morgan fingerprint density at radius 1 is 1.24 bits per heavy atom. The molecule has 1 aromatic carbocycles. The van der Waals surface area contributed by atoms with Crippen LogP contribution in [0.1, 0.15) is 28.7 Å². The van der Waals surface area contributed by atoms with Crippen molar-refractivity contribution in [3.05, 3.63) is 34.4 Å². The molecule has 0 saturated carbocycles. The zero-order chi connectivity index (χ0) is 12.5. The van der Waals surface area contributed by atoms with Crippen LogP contribution < -0.4 is 0 Å². The van der Waals surface area contributed by atoms with Crippen LogP contribution in [0.4, 0.5) is 0 Å².